The predicted molar refractivity (Wildman–Crippen MR) is 99.5 cm³/mol. The zero-order valence-corrected chi connectivity index (χ0v) is 15.2. The van der Waals surface area contributed by atoms with E-state index < -0.39 is 10.0 Å². The number of hydrogen-bond acceptors (Lipinski definition) is 5. The summed E-state index contributed by atoms with van der Waals surface area (Å²) < 4.78 is 26.6. The van der Waals surface area contributed by atoms with E-state index in [-0.39, 0.29) is 4.90 Å². The lowest BCUT2D eigenvalue weighted by atomic mass is 10.2. The highest BCUT2D eigenvalue weighted by Crippen LogP contribution is 2.20. The van der Waals surface area contributed by atoms with Gasteiger partial charge in [0, 0.05) is 29.9 Å². The van der Waals surface area contributed by atoms with E-state index in [9.17, 15) is 8.42 Å². The SMILES string of the molecule is O=S(=O)(c1ccc(N/N=C/c2ccccc2Cl)nc1)N1CCCCC1. The van der Waals surface area contributed by atoms with Gasteiger partial charge in [-0.3, -0.25) is 5.43 Å². The van der Waals surface area contributed by atoms with Gasteiger partial charge < -0.3 is 0 Å². The van der Waals surface area contributed by atoms with Crippen LogP contribution in [0.25, 0.3) is 0 Å². The number of anilines is 1. The first-order valence-corrected chi connectivity index (χ1v) is 9.89. The van der Waals surface area contributed by atoms with Crippen molar-refractivity contribution < 1.29 is 8.42 Å². The van der Waals surface area contributed by atoms with Crippen molar-refractivity contribution in [1.29, 1.82) is 0 Å². The van der Waals surface area contributed by atoms with E-state index in [2.05, 4.69) is 15.5 Å². The molecule has 3 rings (SSSR count). The van der Waals surface area contributed by atoms with Gasteiger partial charge in [-0.2, -0.15) is 9.41 Å². The van der Waals surface area contributed by atoms with Crippen molar-refractivity contribution in [3.63, 3.8) is 0 Å². The Balaban J connectivity index is 1.67. The minimum absolute atomic E-state index is 0.204. The molecule has 25 heavy (non-hydrogen) atoms. The molecule has 8 heteroatoms. The Kier molecular flexibility index (Phi) is 5.67. The van der Waals surface area contributed by atoms with Crippen LogP contribution in [0.1, 0.15) is 24.8 Å². The fourth-order valence-electron chi connectivity index (χ4n) is 2.60. The van der Waals surface area contributed by atoms with Crippen molar-refractivity contribution in [3.05, 3.63) is 53.2 Å². The standard InChI is InChI=1S/C17H19ClN4O2S/c18-16-7-3-2-6-14(16)12-20-21-17-9-8-15(13-19-17)25(23,24)22-10-4-1-5-11-22/h2-3,6-9,12-13H,1,4-5,10-11H2,(H,19,21)/b20-12+. The van der Waals surface area contributed by atoms with Gasteiger partial charge in [0.05, 0.1) is 6.21 Å². The molecule has 1 aromatic carbocycles. The van der Waals surface area contributed by atoms with E-state index in [0.29, 0.717) is 23.9 Å². The summed E-state index contributed by atoms with van der Waals surface area (Å²) in [6.45, 7) is 1.15. The fraction of sp³-hybridized carbons (Fsp3) is 0.294. The smallest absolute Gasteiger partial charge is 0.244 e. The summed E-state index contributed by atoms with van der Waals surface area (Å²) in [4.78, 5) is 4.33. The summed E-state index contributed by atoms with van der Waals surface area (Å²) in [6.07, 6.45) is 5.84. The summed E-state index contributed by atoms with van der Waals surface area (Å²) in [5, 5.41) is 4.67. The van der Waals surface area contributed by atoms with Gasteiger partial charge in [0.25, 0.3) is 0 Å². The van der Waals surface area contributed by atoms with Crippen LogP contribution in [0, 0.1) is 0 Å². The average Bonchev–Trinajstić information content (AvgIpc) is 2.64. The molecule has 0 aliphatic carbocycles. The van der Waals surface area contributed by atoms with Crippen molar-refractivity contribution in [3.8, 4) is 0 Å². The summed E-state index contributed by atoms with van der Waals surface area (Å²) in [5.74, 6) is 0.459. The molecule has 6 nitrogen and oxygen atoms in total. The fourth-order valence-corrected chi connectivity index (χ4v) is 4.25. The molecular formula is C17H19ClN4O2S. The van der Waals surface area contributed by atoms with Gasteiger partial charge in [-0.05, 0) is 31.0 Å². The quantitative estimate of drug-likeness (QED) is 0.639. The van der Waals surface area contributed by atoms with Crippen molar-refractivity contribution in [2.24, 2.45) is 5.10 Å². The number of halogens is 1. The topological polar surface area (TPSA) is 74.7 Å². The Morgan fingerprint density at radius 3 is 2.56 bits per heavy atom. The molecule has 0 amide bonds. The molecule has 1 aliphatic rings. The number of hydrogen-bond donors (Lipinski definition) is 1. The van der Waals surface area contributed by atoms with Gasteiger partial charge >= 0.3 is 0 Å². The van der Waals surface area contributed by atoms with Crippen molar-refractivity contribution >= 4 is 33.7 Å². The Bertz CT molecular complexity index is 847. The molecule has 2 heterocycles. The molecule has 0 atom stereocenters. The van der Waals surface area contributed by atoms with Gasteiger partial charge in [-0.1, -0.05) is 36.2 Å². The van der Waals surface area contributed by atoms with Crippen LogP contribution in [0.2, 0.25) is 5.02 Å². The summed E-state index contributed by atoms with van der Waals surface area (Å²) in [5.41, 5.74) is 3.55. The molecule has 1 saturated heterocycles. The molecular weight excluding hydrogens is 360 g/mol. The Labute approximate surface area is 152 Å². The maximum absolute atomic E-state index is 12.6. The van der Waals surface area contributed by atoms with Gasteiger partial charge in [0.1, 0.15) is 10.7 Å². The summed E-state index contributed by atoms with van der Waals surface area (Å²) in [6, 6.07) is 10.5. The maximum Gasteiger partial charge on any atom is 0.244 e. The van der Waals surface area contributed by atoms with Gasteiger partial charge in [-0.25, -0.2) is 13.4 Å². The molecule has 0 saturated carbocycles. The van der Waals surface area contributed by atoms with Crippen LogP contribution >= 0.6 is 11.6 Å². The van der Waals surface area contributed by atoms with Crippen molar-refractivity contribution in [1.82, 2.24) is 9.29 Å². The maximum atomic E-state index is 12.6. The second-order valence-electron chi connectivity index (χ2n) is 5.74. The number of pyridine rings is 1. The number of aromatic nitrogens is 1. The minimum Gasteiger partial charge on any atom is -0.261 e. The second-order valence-corrected chi connectivity index (χ2v) is 8.08. The number of nitrogens with one attached hydrogen (secondary N) is 1. The monoisotopic (exact) mass is 378 g/mol. The lowest BCUT2D eigenvalue weighted by Gasteiger charge is -2.25. The molecule has 132 valence electrons. The highest BCUT2D eigenvalue weighted by molar-refractivity contribution is 7.89. The first-order valence-electron chi connectivity index (χ1n) is 8.07. The van der Waals surface area contributed by atoms with Crippen molar-refractivity contribution in [2.75, 3.05) is 18.5 Å². The first kappa shape index (κ1) is 17.8. The zero-order valence-electron chi connectivity index (χ0n) is 13.6. The number of sulfonamides is 1. The van der Waals surface area contributed by atoms with E-state index >= 15 is 0 Å². The molecule has 1 fully saturated rings. The molecule has 1 aliphatic heterocycles. The number of nitrogens with zero attached hydrogens (tertiary/aromatic N) is 3. The molecule has 2 aromatic rings. The number of piperidine rings is 1. The largest absolute Gasteiger partial charge is 0.261 e. The van der Waals surface area contributed by atoms with Crippen LogP contribution < -0.4 is 5.43 Å². The van der Waals surface area contributed by atoms with Crippen LogP contribution in [-0.4, -0.2) is 37.0 Å². The molecule has 0 bridgehead atoms. The zero-order chi connectivity index (χ0) is 17.7. The molecule has 1 aromatic heterocycles. The number of benzene rings is 1. The first-order chi connectivity index (χ1) is 12.1. The van der Waals surface area contributed by atoms with Crippen LogP contribution in [-0.2, 0) is 10.0 Å². The Morgan fingerprint density at radius 2 is 1.88 bits per heavy atom. The van der Waals surface area contributed by atoms with Crippen LogP contribution in [0.3, 0.4) is 0 Å². The Hall–Kier alpha value is -1.96. The van der Waals surface area contributed by atoms with Crippen LogP contribution in [0.15, 0.2) is 52.6 Å². The second kappa shape index (κ2) is 7.95. The van der Waals surface area contributed by atoms with Crippen LogP contribution in [0.4, 0.5) is 5.82 Å². The van der Waals surface area contributed by atoms with E-state index in [1.165, 1.54) is 10.5 Å². The van der Waals surface area contributed by atoms with Gasteiger partial charge in [-0.15, -0.1) is 0 Å². The van der Waals surface area contributed by atoms with Crippen molar-refractivity contribution in [2.45, 2.75) is 24.2 Å². The highest BCUT2D eigenvalue weighted by Gasteiger charge is 2.25. The molecule has 0 spiro atoms. The summed E-state index contributed by atoms with van der Waals surface area (Å²) in [7, 11) is -3.46. The van der Waals surface area contributed by atoms with Gasteiger partial charge in [0.15, 0.2) is 0 Å². The average molecular weight is 379 g/mol. The third-order valence-electron chi connectivity index (χ3n) is 3.98. The van der Waals surface area contributed by atoms with E-state index in [1.54, 1.807) is 24.4 Å². The number of hydrazone groups is 1. The lowest BCUT2D eigenvalue weighted by molar-refractivity contribution is 0.346. The lowest BCUT2D eigenvalue weighted by Crippen LogP contribution is -2.35. The van der Waals surface area contributed by atoms with Crippen LogP contribution in [0.5, 0.6) is 0 Å². The molecule has 0 radical (unpaired) electrons. The molecule has 0 unspecified atom stereocenters. The van der Waals surface area contributed by atoms with Gasteiger partial charge in [0.2, 0.25) is 10.0 Å². The third kappa shape index (κ3) is 4.36. The van der Waals surface area contributed by atoms with E-state index in [1.807, 2.05) is 18.2 Å². The minimum atomic E-state index is -3.46. The van der Waals surface area contributed by atoms with E-state index in [0.717, 1.165) is 24.8 Å². The number of rotatable bonds is 5. The summed E-state index contributed by atoms with van der Waals surface area (Å²) >= 11 is 6.04. The third-order valence-corrected chi connectivity index (χ3v) is 6.20. The predicted octanol–water partition coefficient (Wildman–Crippen LogP) is 3.36. The van der Waals surface area contributed by atoms with E-state index in [4.69, 9.17) is 11.6 Å². The highest BCUT2D eigenvalue weighted by atomic mass is 35.5. The normalized spacial score (nSPS) is 16.2. The Morgan fingerprint density at radius 1 is 1.12 bits per heavy atom. The molecule has 1 N–H and O–H groups in total.